The van der Waals surface area contributed by atoms with E-state index in [2.05, 4.69) is 242 Å². The molecule has 0 radical (unpaired) electrons. The van der Waals surface area contributed by atoms with Crippen molar-refractivity contribution < 1.29 is 0 Å². The first-order valence-corrected chi connectivity index (χ1v) is 19.9. The number of pyridine rings is 1. The van der Waals surface area contributed by atoms with Crippen LogP contribution in [0.25, 0.3) is 66.5 Å². The van der Waals surface area contributed by atoms with Gasteiger partial charge in [0.05, 0.1) is 16.9 Å². The Morgan fingerprint density at radius 1 is 0.509 bits per heavy atom. The first-order valence-electron chi connectivity index (χ1n) is 19.9. The Balaban J connectivity index is 1.11. The molecule has 2 heterocycles. The maximum atomic E-state index is 2.38. The number of rotatable bonds is 10. The number of hydrogen-bond acceptors (Lipinski definition) is 1. The molecule has 0 atom stereocenters. The zero-order valence-corrected chi connectivity index (χ0v) is 32.4. The number of aromatic nitrogens is 1. The number of fused-ring (bicyclic) bond motifs is 2. The molecule has 9 aromatic rings. The smallest absolute Gasteiger partial charge is 0.0613 e. The van der Waals surface area contributed by atoms with Crippen molar-refractivity contribution in [3.05, 3.63) is 224 Å². The van der Waals surface area contributed by atoms with Gasteiger partial charge >= 0.3 is 0 Å². The Morgan fingerprint density at radius 3 is 1.75 bits per heavy atom. The molecule has 0 aliphatic heterocycles. The van der Waals surface area contributed by atoms with Crippen LogP contribution >= 0.6 is 0 Å². The highest BCUT2D eigenvalue weighted by Crippen LogP contribution is 2.45. The van der Waals surface area contributed by atoms with Crippen LogP contribution in [-0.2, 0) is 0 Å². The summed E-state index contributed by atoms with van der Waals surface area (Å²) in [7, 11) is 0. The second-order valence-corrected chi connectivity index (χ2v) is 14.4. The molecule has 2 nitrogen and oxygen atoms in total. The van der Waals surface area contributed by atoms with Crippen molar-refractivity contribution in [1.29, 1.82) is 0 Å². The van der Waals surface area contributed by atoms with Crippen molar-refractivity contribution in [2.45, 2.75) is 20.3 Å². The topological polar surface area (TPSA) is 7.65 Å². The van der Waals surface area contributed by atoms with Crippen LogP contribution in [0.2, 0.25) is 0 Å². The molecule has 0 spiro atoms. The highest BCUT2D eigenvalue weighted by Gasteiger charge is 2.22. The van der Waals surface area contributed by atoms with Crippen molar-refractivity contribution in [3.8, 4) is 44.6 Å². The summed E-state index contributed by atoms with van der Waals surface area (Å²) in [5.74, 6) is 0. The second kappa shape index (κ2) is 15.9. The lowest BCUT2D eigenvalue weighted by atomic mass is 9.92. The molecule has 0 saturated carbocycles. The molecule has 0 bridgehead atoms. The SMILES string of the molecule is C/C=C\C(=C/CC)c1ccc(N(c2ccc(-c3ccc(-c4c(-c5ccccc5)c5ccccn5c4-c4ccccc4)cc3)cc2)c2cccc3ccccc23)cc1. The first kappa shape index (κ1) is 35.5. The van der Waals surface area contributed by atoms with Crippen molar-refractivity contribution in [2.24, 2.45) is 0 Å². The maximum absolute atomic E-state index is 2.38. The molecule has 0 amide bonds. The van der Waals surface area contributed by atoms with E-state index in [1.54, 1.807) is 0 Å². The zero-order chi connectivity index (χ0) is 38.6. The number of hydrogen-bond donors (Lipinski definition) is 0. The van der Waals surface area contributed by atoms with Gasteiger partial charge in [0.2, 0.25) is 0 Å². The van der Waals surface area contributed by atoms with Gasteiger partial charge in [-0.2, -0.15) is 0 Å². The van der Waals surface area contributed by atoms with Gasteiger partial charge in [-0.1, -0.05) is 177 Å². The molecule has 0 aliphatic carbocycles. The van der Waals surface area contributed by atoms with E-state index in [1.807, 2.05) is 0 Å². The lowest BCUT2D eigenvalue weighted by Gasteiger charge is -2.27. The van der Waals surface area contributed by atoms with Crippen LogP contribution in [-0.4, -0.2) is 4.40 Å². The van der Waals surface area contributed by atoms with E-state index >= 15 is 0 Å². The van der Waals surface area contributed by atoms with Crippen molar-refractivity contribution >= 4 is 38.9 Å². The van der Waals surface area contributed by atoms with Gasteiger partial charge in [-0.3, -0.25) is 0 Å². The Bertz CT molecular complexity index is 2760. The lowest BCUT2D eigenvalue weighted by molar-refractivity contribution is 1.20. The van der Waals surface area contributed by atoms with Gasteiger partial charge in [0.15, 0.2) is 0 Å². The highest BCUT2D eigenvalue weighted by molar-refractivity contribution is 6.03. The fourth-order valence-corrected chi connectivity index (χ4v) is 8.21. The number of nitrogens with zero attached hydrogens (tertiary/aromatic N) is 2. The fraction of sp³-hybridized carbons (Fsp3) is 0.0545. The second-order valence-electron chi connectivity index (χ2n) is 14.4. The molecule has 0 unspecified atom stereocenters. The number of allylic oxidation sites excluding steroid dienone is 4. The average Bonchev–Trinajstić information content (AvgIpc) is 3.63. The maximum Gasteiger partial charge on any atom is 0.0613 e. The quantitative estimate of drug-likeness (QED) is 0.127. The Labute approximate surface area is 336 Å². The predicted molar refractivity (Wildman–Crippen MR) is 244 cm³/mol. The van der Waals surface area contributed by atoms with Crippen LogP contribution < -0.4 is 4.90 Å². The normalized spacial score (nSPS) is 11.8. The zero-order valence-electron chi connectivity index (χ0n) is 32.4. The standard InChI is InChI=1S/C55H44N2/c1-3-16-40(17-4-2)42-31-35-48(36-32-42)57(51-26-15-23-44-18-11-12-24-50(44)51)49-37-33-43(34-38-49)41-27-29-46(30-28-41)54-53(45-19-7-5-8-20-45)52-25-13-14-39-56(52)55(54)47-21-9-6-10-22-47/h3,5-39H,4H2,1-2H3/b16-3-,40-17+. The summed E-state index contributed by atoms with van der Waals surface area (Å²) >= 11 is 0. The predicted octanol–water partition coefficient (Wildman–Crippen LogP) is 15.6. The van der Waals surface area contributed by atoms with E-state index in [0.717, 1.165) is 23.5 Å². The number of anilines is 3. The van der Waals surface area contributed by atoms with Crippen molar-refractivity contribution in [1.82, 2.24) is 4.40 Å². The molecular formula is C55H44N2. The Hall–Kier alpha value is -7.16. The van der Waals surface area contributed by atoms with Gasteiger partial charge in [-0.05, 0) is 100 Å². The summed E-state index contributed by atoms with van der Waals surface area (Å²) in [6.07, 6.45) is 9.76. The average molecular weight is 733 g/mol. The third-order valence-corrected chi connectivity index (χ3v) is 10.8. The van der Waals surface area contributed by atoms with Crippen molar-refractivity contribution in [3.63, 3.8) is 0 Å². The van der Waals surface area contributed by atoms with Gasteiger partial charge in [0.25, 0.3) is 0 Å². The van der Waals surface area contributed by atoms with Gasteiger partial charge in [0.1, 0.15) is 0 Å². The minimum Gasteiger partial charge on any atom is -0.315 e. The summed E-state index contributed by atoms with van der Waals surface area (Å²) in [6, 6.07) is 70.3. The van der Waals surface area contributed by atoms with E-state index in [9.17, 15) is 0 Å². The largest absolute Gasteiger partial charge is 0.315 e. The summed E-state index contributed by atoms with van der Waals surface area (Å²) in [5.41, 5.74) is 16.7. The molecule has 0 N–H and O–H groups in total. The van der Waals surface area contributed by atoms with E-state index in [1.165, 1.54) is 72.1 Å². The Kier molecular flexibility index (Phi) is 9.91. The monoisotopic (exact) mass is 732 g/mol. The van der Waals surface area contributed by atoms with Crippen LogP contribution in [0.5, 0.6) is 0 Å². The molecule has 57 heavy (non-hydrogen) atoms. The summed E-state index contributed by atoms with van der Waals surface area (Å²) in [5, 5.41) is 2.43. The van der Waals surface area contributed by atoms with Gasteiger partial charge < -0.3 is 9.30 Å². The van der Waals surface area contributed by atoms with E-state index < -0.39 is 0 Å². The molecule has 0 aliphatic rings. The number of benzene rings is 7. The third-order valence-electron chi connectivity index (χ3n) is 10.8. The molecule has 2 heteroatoms. The van der Waals surface area contributed by atoms with Gasteiger partial charge in [-0.25, -0.2) is 0 Å². The summed E-state index contributed by atoms with van der Waals surface area (Å²) in [6.45, 7) is 4.26. The minimum atomic E-state index is 0.992. The van der Waals surface area contributed by atoms with Crippen molar-refractivity contribution in [2.75, 3.05) is 4.90 Å². The van der Waals surface area contributed by atoms with E-state index in [0.29, 0.717) is 0 Å². The van der Waals surface area contributed by atoms with Crippen LogP contribution in [0.4, 0.5) is 17.1 Å². The first-order chi connectivity index (χ1) is 28.2. The van der Waals surface area contributed by atoms with Gasteiger partial charge in [0, 0.05) is 34.1 Å². The van der Waals surface area contributed by atoms with Gasteiger partial charge in [-0.15, -0.1) is 0 Å². The molecule has 0 saturated heterocycles. The fourth-order valence-electron chi connectivity index (χ4n) is 8.21. The molecule has 7 aromatic carbocycles. The van der Waals surface area contributed by atoms with Crippen LogP contribution in [0.3, 0.4) is 0 Å². The van der Waals surface area contributed by atoms with Crippen LogP contribution in [0, 0.1) is 0 Å². The molecule has 2 aromatic heterocycles. The molecule has 9 rings (SSSR count). The minimum absolute atomic E-state index is 0.992. The van der Waals surface area contributed by atoms with E-state index in [4.69, 9.17) is 0 Å². The Morgan fingerprint density at radius 2 is 1.07 bits per heavy atom. The van der Waals surface area contributed by atoms with E-state index in [-0.39, 0.29) is 0 Å². The third kappa shape index (κ3) is 6.88. The molecular weight excluding hydrogens is 689 g/mol. The summed E-state index contributed by atoms with van der Waals surface area (Å²) in [4.78, 5) is 2.38. The molecule has 274 valence electrons. The highest BCUT2D eigenvalue weighted by atomic mass is 15.1. The molecule has 0 fully saturated rings. The van der Waals surface area contributed by atoms with Crippen LogP contribution in [0.15, 0.2) is 219 Å². The summed E-state index contributed by atoms with van der Waals surface area (Å²) < 4.78 is 2.35. The lowest BCUT2D eigenvalue weighted by Crippen LogP contribution is -2.10. The van der Waals surface area contributed by atoms with Crippen LogP contribution in [0.1, 0.15) is 25.8 Å².